The van der Waals surface area contributed by atoms with Crippen molar-refractivity contribution in [3.63, 3.8) is 0 Å². The second kappa shape index (κ2) is 9.44. The number of rotatable bonds is 6. The molecule has 0 saturated carbocycles. The van der Waals surface area contributed by atoms with Crippen molar-refractivity contribution in [2.75, 3.05) is 33.3 Å². The Morgan fingerprint density at radius 2 is 2.00 bits per heavy atom. The van der Waals surface area contributed by atoms with Gasteiger partial charge in [-0.05, 0) is 25.1 Å². The molecular formula is C20H23Cl2N5O4. The summed E-state index contributed by atoms with van der Waals surface area (Å²) in [5.41, 5.74) is 0.631. The normalized spacial score (nSPS) is 21.8. The highest BCUT2D eigenvalue weighted by Gasteiger charge is 2.28. The van der Waals surface area contributed by atoms with Gasteiger partial charge in [0.05, 0.1) is 25.2 Å². The number of aliphatic imine (C=N–C) groups is 1. The summed E-state index contributed by atoms with van der Waals surface area (Å²) in [6.07, 6.45) is 0.980. The van der Waals surface area contributed by atoms with E-state index in [1.807, 2.05) is 12.0 Å². The minimum Gasteiger partial charge on any atom is -0.495 e. The maximum atomic E-state index is 12.7. The van der Waals surface area contributed by atoms with E-state index in [2.05, 4.69) is 10.1 Å². The van der Waals surface area contributed by atoms with Crippen molar-refractivity contribution >= 4 is 34.3 Å². The Hall–Kier alpha value is -2.33. The van der Waals surface area contributed by atoms with Crippen LogP contribution in [0.1, 0.15) is 18.8 Å². The first-order valence-corrected chi connectivity index (χ1v) is 10.6. The van der Waals surface area contributed by atoms with Crippen molar-refractivity contribution in [3.8, 4) is 11.5 Å². The third kappa shape index (κ3) is 5.12. The Kier molecular flexibility index (Phi) is 6.66. The van der Waals surface area contributed by atoms with Crippen molar-refractivity contribution in [1.29, 1.82) is 0 Å². The number of methoxy groups -OCH3 is 1. The van der Waals surface area contributed by atoms with E-state index in [1.54, 1.807) is 47.2 Å². The number of aromatic nitrogens is 2. The standard InChI is InChI=1S/C20H23Cl2N5O4/c1-13-19(22)23-20(30-13)16-5-6-26(24-16)12-18(28)25-7-9-27(10-8-25)31-14-3-4-15(21)17(11-14)29-2/h3-6,11,13,20H,7-10,12H2,1-2H3. The van der Waals surface area contributed by atoms with Crippen LogP contribution >= 0.6 is 23.2 Å². The molecule has 0 radical (unpaired) electrons. The van der Waals surface area contributed by atoms with E-state index in [-0.39, 0.29) is 18.6 Å². The molecule has 2 aliphatic rings. The van der Waals surface area contributed by atoms with Gasteiger partial charge in [0.1, 0.15) is 29.3 Å². The molecule has 1 fully saturated rings. The van der Waals surface area contributed by atoms with Crippen LogP contribution in [0, 0.1) is 0 Å². The fraction of sp³-hybridized carbons (Fsp3) is 0.450. The number of piperazine rings is 1. The number of carbonyl (C=O) groups is 1. The molecule has 11 heteroatoms. The molecule has 0 N–H and O–H groups in total. The van der Waals surface area contributed by atoms with Crippen molar-refractivity contribution in [2.24, 2.45) is 4.99 Å². The van der Waals surface area contributed by atoms with Crippen LogP contribution in [0.25, 0.3) is 0 Å². The molecule has 2 atom stereocenters. The zero-order chi connectivity index (χ0) is 22.0. The summed E-state index contributed by atoms with van der Waals surface area (Å²) >= 11 is 12.0. The molecule has 1 saturated heterocycles. The topological polar surface area (TPSA) is 81.4 Å². The minimum atomic E-state index is -0.522. The lowest BCUT2D eigenvalue weighted by molar-refractivity contribution is -0.141. The molecular weight excluding hydrogens is 445 g/mol. The lowest BCUT2D eigenvalue weighted by atomic mass is 10.3. The number of nitrogens with zero attached hydrogens (tertiary/aromatic N) is 5. The fourth-order valence-corrected chi connectivity index (χ4v) is 3.68. The average Bonchev–Trinajstić information content (AvgIpc) is 3.36. The zero-order valence-electron chi connectivity index (χ0n) is 17.2. The van der Waals surface area contributed by atoms with Gasteiger partial charge in [0.15, 0.2) is 12.0 Å². The number of carbonyl (C=O) groups excluding carboxylic acids is 1. The maximum absolute atomic E-state index is 12.7. The molecule has 31 heavy (non-hydrogen) atoms. The van der Waals surface area contributed by atoms with Crippen LogP contribution in [0.15, 0.2) is 35.5 Å². The highest BCUT2D eigenvalue weighted by atomic mass is 35.5. The van der Waals surface area contributed by atoms with Gasteiger partial charge in [0.25, 0.3) is 0 Å². The van der Waals surface area contributed by atoms with Crippen LogP contribution in [0.5, 0.6) is 11.5 Å². The number of hydroxylamine groups is 2. The van der Waals surface area contributed by atoms with Crippen molar-refractivity contribution < 1.29 is 19.1 Å². The van der Waals surface area contributed by atoms with Crippen molar-refractivity contribution in [1.82, 2.24) is 19.7 Å². The molecule has 2 unspecified atom stereocenters. The van der Waals surface area contributed by atoms with Gasteiger partial charge in [-0.2, -0.15) is 5.10 Å². The Morgan fingerprint density at radius 3 is 2.68 bits per heavy atom. The Bertz CT molecular complexity index is 974. The van der Waals surface area contributed by atoms with Crippen LogP contribution in [0.3, 0.4) is 0 Å². The summed E-state index contributed by atoms with van der Waals surface area (Å²) in [4.78, 5) is 24.6. The van der Waals surface area contributed by atoms with Crippen LogP contribution in [0.4, 0.5) is 0 Å². The number of hydrogen-bond donors (Lipinski definition) is 0. The molecule has 0 bridgehead atoms. The summed E-state index contributed by atoms with van der Waals surface area (Å²) in [5.74, 6) is 1.18. The van der Waals surface area contributed by atoms with E-state index < -0.39 is 6.23 Å². The van der Waals surface area contributed by atoms with Gasteiger partial charge in [0.2, 0.25) is 5.91 Å². The molecule has 1 aromatic carbocycles. The van der Waals surface area contributed by atoms with E-state index in [0.29, 0.717) is 53.6 Å². The predicted molar refractivity (Wildman–Crippen MR) is 116 cm³/mol. The molecule has 166 valence electrons. The largest absolute Gasteiger partial charge is 0.495 e. The lowest BCUT2D eigenvalue weighted by Gasteiger charge is -2.34. The third-order valence-corrected chi connectivity index (χ3v) is 5.79. The van der Waals surface area contributed by atoms with Crippen molar-refractivity contribution in [3.05, 3.63) is 41.2 Å². The lowest BCUT2D eigenvalue weighted by Crippen LogP contribution is -2.50. The highest BCUT2D eigenvalue weighted by Crippen LogP contribution is 2.29. The van der Waals surface area contributed by atoms with Gasteiger partial charge in [0, 0.05) is 25.4 Å². The van der Waals surface area contributed by atoms with E-state index in [0.717, 1.165) is 0 Å². The van der Waals surface area contributed by atoms with Gasteiger partial charge in [-0.25, -0.2) is 4.99 Å². The molecule has 3 heterocycles. The summed E-state index contributed by atoms with van der Waals surface area (Å²) in [6, 6.07) is 7.03. The molecule has 0 spiro atoms. The molecule has 1 amide bonds. The van der Waals surface area contributed by atoms with Gasteiger partial charge in [-0.1, -0.05) is 23.2 Å². The number of amides is 1. The quantitative estimate of drug-likeness (QED) is 0.649. The number of benzene rings is 1. The van der Waals surface area contributed by atoms with Crippen molar-refractivity contribution in [2.45, 2.75) is 25.8 Å². The molecule has 2 aliphatic heterocycles. The van der Waals surface area contributed by atoms with Crippen LogP contribution in [-0.2, 0) is 16.1 Å². The first-order valence-electron chi connectivity index (χ1n) is 9.89. The number of hydrogen-bond acceptors (Lipinski definition) is 7. The van der Waals surface area contributed by atoms with Crippen LogP contribution in [-0.4, -0.2) is 70.2 Å². The smallest absolute Gasteiger partial charge is 0.244 e. The summed E-state index contributed by atoms with van der Waals surface area (Å²) in [6.45, 7) is 4.26. The SMILES string of the molecule is COc1cc(ON2CCN(C(=O)Cn3ccc(C4N=C(Cl)C(C)O4)n3)CC2)ccc1Cl. The van der Waals surface area contributed by atoms with Gasteiger partial charge in [-0.3, -0.25) is 9.48 Å². The Balaban J connectivity index is 1.27. The van der Waals surface area contributed by atoms with Gasteiger partial charge >= 0.3 is 0 Å². The molecule has 1 aromatic heterocycles. The van der Waals surface area contributed by atoms with Gasteiger partial charge in [-0.15, -0.1) is 5.06 Å². The first-order chi connectivity index (χ1) is 14.9. The van der Waals surface area contributed by atoms with Gasteiger partial charge < -0.3 is 19.2 Å². The first kappa shape index (κ1) is 21.9. The summed E-state index contributed by atoms with van der Waals surface area (Å²) in [7, 11) is 1.56. The summed E-state index contributed by atoms with van der Waals surface area (Å²) in [5, 5.41) is 7.18. The number of halogens is 2. The minimum absolute atomic E-state index is 0.00953. The fourth-order valence-electron chi connectivity index (χ4n) is 3.34. The molecule has 9 nitrogen and oxygen atoms in total. The monoisotopic (exact) mass is 467 g/mol. The van der Waals surface area contributed by atoms with Crippen LogP contribution < -0.4 is 9.57 Å². The highest BCUT2D eigenvalue weighted by molar-refractivity contribution is 6.66. The van der Waals surface area contributed by atoms with Crippen LogP contribution in [0.2, 0.25) is 5.02 Å². The number of ether oxygens (including phenoxy) is 2. The second-order valence-corrected chi connectivity index (χ2v) is 8.01. The van der Waals surface area contributed by atoms with E-state index in [9.17, 15) is 4.79 Å². The van der Waals surface area contributed by atoms with E-state index in [1.165, 1.54) is 0 Å². The van der Waals surface area contributed by atoms with E-state index >= 15 is 0 Å². The zero-order valence-corrected chi connectivity index (χ0v) is 18.7. The Morgan fingerprint density at radius 1 is 1.23 bits per heavy atom. The van der Waals surface area contributed by atoms with E-state index in [4.69, 9.17) is 37.5 Å². The third-order valence-electron chi connectivity index (χ3n) is 5.07. The summed E-state index contributed by atoms with van der Waals surface area (Å²) < 4.78 is 12.4. The Labute approximate surface area is 190 Å². The molecule has 4 rings (SSSR count). The maximum Gasteiger partial charge on any atom is 0.244 e. The predicted octanol–water partition coefficient (Wildman–Crippen LogP) is 2.74. The second-order valence-electron chi connectivity index (χ2n) is 7.22. The molecule has 0 aliphatic carbocycles. The average molecular weight is 468 g/mol. The molecule has 2 aromatic rings.